The summed E-state index contributed by atoms with van der Waals surface area (Å²) in [6, 6.07) is 5.82. The highest BCUT2D eigenvalue weighted by Gasteiger charge is 2.34. The summed E-state index contributed by atoms with van der Waals surface area (Å²) in [7, 11) is 0. The monoisotopic (exact) mass is 586 g/mol. The summed E-state index contributed by atoms with van der Waals surface area (Å²) >= 11 is 6.54. The molecule has 40 heavy (non-hydrogen) atoms. The van der Waals surface area contributed by atoms with Gasteiger partial charge in [0.2, 0.25) is 0 Å². The molecule has 1 aromatic carbocycles. The minimum atomic E-state index is -4.48. The fourth-order valence-corrected chi connectivity index (χ4v) is 5.75. The summed E-state index contributed by atoms with van der Waals surface area (Å²) in [4.78, 5) is 23.1. The number of piperidine rings is 1. The van der Waals surface area contributed by atoms with Crippen LogP contribution in [0.3, 0.4) is 0 Å². The van der Waals surface area contributed by atoms with Crippen molar-refractivity contribution in [2.75, 3.05) is 44.2 Å². The Balaban J connectivity index is 1.27. The molecule has 0 radical (unpaired) electrons. The third-order valence-corrected chi connectivity index (χ3v) is 7.81. The summed E-state index contributed by atoms with van der Waals surface area (Å²) in [6.07, 6.45) is 0.0468. The highest BCUT2D eigenvalue weighted by Crippen LogP contribution is 2.30. The average Bonchev–Trinajstić information content (AvgIpc) is 2.92. The van der Waals surface area contributed by atoms with E-state index in [9.17, 15) is 27.5 Å². The van der Waals surface area contributed by atoms with Gasteiger partial charge in [-0.05, 0) is 50.0 Å². The molecule has 4 rings (SSSR count). The molecule has 1 atom stereocenters. The Bertz CT molecular complexity index is 1160. The number of benzene rings is 1. The van der Waals surface area contributed by atoms with Gasteiger partial charge in [-0.3, -0.25) is 9.80 Å². The van der Waals surface area contributed by atoms with E-state index in [1.807, 2.05) is 0 Å². The van der Waals surface area contributed by atoms with Gasteiger partial charge in [0.15, 0.2) is 0 Å². The van der Waals surface area contributed by atoms with Crippen molar-refractivity contribution >= 4 is 23.4 Å². The van der Waals surface area contributed by atoms with Crippen molar-refractivity contribution in [1.29, 1.82) is 0 Å². The number of hydrogen-bond acceptors (Lipinski definition) is 6. The first-order chi connectivity index (χ1) is 19.0. The van der Waals surface area contributed by atoms with Crippen LogP contribution >= 0.6 is 11.6 Å². The van der Waals surface area contributed by atoms with Gasteiger partial charge in [-0.25, -0.2) is 14.2 Å². The zero-order chi connectivity index (χ0) is 28.9. The second kappa shape index (κ2) is 13.2. The zero-order valence-electron chi connectivity index (χ0n) is 22.4. The average molecular weight is 587 g/mol. The molecule has 13 heteroatoms. The summed E-state index contributed by atoms with van der Waals surface area (Å²) in [5, 5.41) is 14.0. The maximum atomic E-state index is 14.2. The first-order valence-corrected chi connectivity index (χ1v) is 13.8. The van der Waals surface area contributed by atoms with Gasteiger partial charge in [-0.15, -0.1) is 0 Å². The van der Waals surface area contributed by atoms with Crippen LogP contribution in [0.1, 0.15) is 37.3 Å². The molecule has 2 fully saturated rings. The van der Waals surface area contributed by atoms with Crippen molar-refractivity contribution in [1.82, 2.24) is 25.4 Å². The highest BCUT2D eigenvalue weighted by atomic mass is 35.5. The molecular weight excluding hydrogens is 552 g/mol. The van der Waals surface area contributed by atoms with Gasteiger partial charge in [0.25, 0.3) is 0 Å². The van der Waals surface area contributed by atoms with E-state index in [-0.39, 0.29) is 18.1 Å². The Kier molecular flexibility index (Phi) is 9.96. The molecule has 2 saturated heterocycles. The van der Waals surface area contributed by atoms with E-state index in [0.29, 0.717) is 40.6 Å². The maximum absolute atomic E-state index is 14.2. The number of aromatic hydroxyl groups is 1. The summed E-state index contributed by atoms with van der Waals surface area (Å²) in [6.45, 7) is 5.41. The molecule has 0 bridgehead atoms. The summed E-state index contributed by atoms with van der Waals surface area (Å²) in [5.74, 6) is 0.199. The van der Waals surface area contributed by atoms with E-state index in [0.717, 1.165) is 58.1 Å². The molecule has 0 aliphatic carbocycles. The van der Waals surface area contributed by atoms with Crippen molar-refractivity contribution in [3.63, 3.8) is 0 Å². The number of piperazine rings is 1. The van der Waals surface area contributed by atoms with Crippen LogP contribution in [0.4, 0.5) is 28.2 Å². The van der Waals surface area contributed by atoms with E-state index >= 15 is 0 Å². The first kappa shape index (κ1) is 30.1. The summed E-state index contributed by atoms with van der Waals surface area (Å²) < 4.78 is 50.9. The van der Waals surface area contributed by atoms with Crippen LogP contribution in [0.2, 0.25) is 5.02 Å². The SMILES string of the molecule is CCC1CN(c2ncc(CNC(=O)NCC(F)(F)F)cc2Cl)CCN1C1CCN(Cc2ccc(O)cc2F)CC1. The molecule has 1 unspecified atom stereocenters. The fourth-order valence-electron chi connectivity index (χ4n) is 5.45. The molecule has 2 aliphatic rings. The maximum Gasteiger partial charge on any atom is 0.405 e. The van der Waals surface area contributed by atoms with Gasteiger partial charge in [0.05, 0.1) is 5.02 Å². The van der Waals surface area contributed by atoms with E-state index in [1.54, 1.807) is 23.6 Å². The molecule has 3 N–H and O–H groups in total. The largest absolute Gasteiger partial charge is 0.508 e. The number of nitrogens with zero attached hydrogens (tertiary/aromatic N) is 4. The second-order valence-corrected chi connectivity index (χ2v) is 10.7. The minimum Gasteiger partial charge on any atom is -0.508 e. The van der Waals surface area contributed by atoms with Gasteiger partial charge >= 0.3 is 12.2 Å². The third-order valence-electron chi connectivity index (χ3n) is 7.54. The van der Waals surface area contributed by atoms with Crippen molar-refractivity contribution in [3.8, 4) is 5.75 Å². The minimum absolute atomic E-state index is 0.000135. The zero-order valence-corrected chi connectivity index (χ0v) is 23.1. The molecular formula is C27H35ClF4N6O2. The number of hydrogen-bond donors (Lipinski definition) is 3. The molecule has 0 saturated carbocycles. The highest BCUT2D eigenvalue weighted by molar-refractivity contribution is 6.33. The Labute approximate surface area is 236 Å². The van der Waals surface area contributed by atoms with Crippen LogP contribution < -0.4 is 15.5 Å². The van der Waals surface area contributed by atoms with Gasteiger partial charge in [-0.1, -0.05) is 24.6 Å². The Hall–Kier alpha value is -2.83. The van der Waals surface area contributed by atoms with E-state index < -0.39 is 18.8 Å². The van der Waals surface area contributed by atoms with Crippen LogP contribution in [0.15, 0.2) is 30.5 Å². The molecule has 3 heterocycles. The van der Waals surface area contributed by atoms with Crippen molar-refractivity contribution in [2.24, 2.45) is 0 Å². The van der Waals surface area contributed by atoms with Gasteiger partial charge < -0.3 is 20.6 Å². The molecule has 2 aromatic rings. The van der Waals surface area contributed by atoms with Crippen LogP contribution in [0, 0.1) is 5.82 Å². The molecule has 0 spiro atoms. The lowest BCUT2D eigenvalue weighted by atomic mass is 9.97. The lowest BCUT2D eigenvalue weighted by molar-refractivity contribution is -0.122. The Morgan fingerprint density at radius 2 is 1.90 bits per heavy atom. The number of rotatable bonds is 8. The van der Waals surface area contributed by atoms with Crippen molar-refractivity contribution < 1.29 is 27.5 Å². The summed E-state index contributed by atoms with van der Waals surface area (Å²) in [5.41, 5.74) is 1.17. The molecule has 2 amide bonds. The number of urea groups is 1. The van der Waals surface area contributed by atoms with Gasteiger partial charge in [0.1, 0.15) is 23.9 Å². The predicted molar refractivity (Wildman–Crippen MR) is 145 cm³/mol. The van der Waals surface area contributed by atoms with E-state index in [1.165, 1.54) is 6.07 Å². The smallest absolute Gasteiger partial charge is 0.405 e. The lowest BCUT2D eigenvalue weighted by Crippen LogP contribution is -2.58. The molecule has 220 valence electrons. The van der Waals surface area contributed by atoms with Crippen LogP contribution in [0.25, 0.3) is 0 Å². The number of phenolic OH excluding ortho intramolecular Hbond substituents is 1. The van der Waals surface area contributed by atoms with Gasteiger partial charge in [-0.2, -0.15) is 13.2 Å². The number of alkyl halides is 3. The van der Waals surface area contributed by atoms with E-state index in [4.69, 9.17) is 11.6 Å². The fraction of sp³-hybridized carbons (Fsp3) is 0.556. The third kappa shape index (κ3) is 8.11. The molecule has 2 aliphatic heterocycles. The lowest BCUT2D eigenvalue weighted by Gasteiger charge is -2.47. The topological polar surface area (TPSA) is 84.0 Å². The number of aromatic nitrogens is 1. The number of carbonyl (C=O) groups is 1. The number of carbonyl (C=O) groups excluding carboxylic acids is 1. The quantitative estimate of drug-likeness (QED) is 0.395. The number of anilines is 1. The van der Waals surface area contributed by atoms with E-state index in [2.05, 4.69) is 31.9 Å². The second-order valence-electron chi connectivity index (χ2n) is 10.3. The number of amides is 2. The standard InChI is InChI=1S/C27H35ClF4N6O2/c1-2-20-16-37(25-23(28)11-18(13-33-25)14-34-26(40)35-17-27(30,31)32)9-10-38(20)21-5-7-36(8-6-21)15-19-3-4-22(39)12-24(19)29/h3-4,11-13,20-21,39H,2,5-10,14-17H2,1H3,(H2,34,35,40). The molecule has 8 nitrogen and oxygen atoms in total. The predicted octanol–water partition coefficient (Wildman–Crippen LogP) is 4.51. The Morgan fingerprint density at radius 1 is 1.15 bits per heavy atom. The normalized spacial score (nSPS) is 19.6. The van der Waals surface area contributed by atoms with Crippen LogP contribution in [-0.2, 0) is 13.1 Å². The van der Waals surface area contributed by atoms with Crippen LogP contribution in [-0.4, -0.2) is 83.4 Å². The number of phenols is 1. The number of halogens is 5. The first-order valence-electron chi connectivity index (χ1n) is 13.5. The number of likely N-dealkylation sites (tertiary alicyclic amines) is 1. The van der Waals surface area contributed by atoms with Gasteiger partial charge in [0, 0.05) is 62.6 Å². The van der Waals surface area contributed by atoms with Crippen molar-refractivity contribution in [2.45, 2.75) is 57.5 Å². The van der Waals surface area contributed by atoms with Crippen LogP contribution in [0.5, 0.6) is 5.75 Å². The molecule has 1 aromatic heterocycles. The number of nitrogens with one attached hydrogen (secondary N) is 2. The van der Waals surface area contributed by atoms with Crippen molar-refractivity contribution in [3.05, 3.63) is 52.4 Å². The number of pyridine rings is 1. The Morgan fingerprint density at radius 3 is 2.55 bits per heavy atom.